The Hall–Kier alpha value is -4.14. The van der Waals surface area contributed by atoms with Crippen molar-refractivity contribution in [1.29, 1.82) is 0 Å². The molecule has 1 atom stereocenters. The second-order valence-corrected chi connectivity index (χ2v) is 9.63. The van der Waals surface area contributed by atoms with E-state index in [0.717, 1.165) is 42.7 Å². The second-order valence-electron chi connectivity index (χ2n) is 9.63. The lowest BCUT2D eigenvalue weighted by Gasteiger charge is -2.27. The lowest BCUT2D eigenvalue weighted by Crippen LogP contribution is -2.33. The Balaban J connectivity index is 1.45. The van der Waals surface area contributed by atoms with E-state index in [2.05, 4.69) is 24.8 Å². The van der Waals surface area contributed by atoms with Gasteiger partial charge in [-0.1, -0.05) is 36.4 Å². The Morgan fingerprint density at radius 3 is 2.74 bits per heavy atom. The zero-order valence-corrected chi connectivity index (χ0v) is 18.9. The average molecular weight is 468 g/mol. The molecule has 4 heterocycles. The van der Waals surface area contributed by atoms with E-state index in [-0.39, 0.29) is 22.4 Å². The molecule has 2 aliphatic rings. The Morgan fingerprint density at radius 1 is 1.06 bits per heavy atom. The van der Waals surface area contributed by atoms with Gasteiger partial charge in [0.25, 0.3) is 5.56 Å². The number of benzene rings is 2. The lowest BCUT2D eigenvalue weighted by atomic mass is 10.0. The Kier molecular flexibility index (Phi) is 4.30. The first-order valence-corrected chi connectivity index (χ1v) is 11.8. The molecule has 0 radical (unpaired) electrons. The zero-order valence-electron chi connectivity index (χ0n) is 18.9. The maximum Gasteiger partial charge on any atom is 0.264 e. The largest absolute Gasteiger partial charge is 0.344 e. The van der Waals surface area contributed by atoms with Crippen LogP contribution in [0, 0.1) is 11.2 Å². The molecule has 8 nitrogen and oxygen atoms in total. The van der Waals surface area contributed by atoms with E-state index in [0.29, 0.717) is 23.5 Å². The maximum absolute atomic E-state index is 14.8. The monoisotopic (exact) mass is 467 g/mol. The third-order valence-electron chi connectivity index (χ3n) is 7.38. The van der Waals surface area contributed by atoms with Gasteiger partial charge in [-0.05, 0) is 42.4 Å². The SMILES string of the molecule is O=c1c2c(F)cccc2nc([C@@H]2CC3(CC3)CN2c2ncnc3nc[nH]c23)n1Cc1ccccc1. The van der Waals surface area contributed by atoms with E-state index >= 15 is 0 Å². The summed E-state index contributed by atoms with van der Waals surface area (Å²) < 4.78 is 16.4. The second kappa shape index (κ2) is 7.43. The molecule has 1 saturated carbocycles. The van der Waals surface area contributed by atoms with Crippen LogP contribution in [0.3, 0.4) is 0 Å². The molecular weight excluding hydrogens is 445 g/mol. The van der Waals surface area contributed by atoms with E-state index in [1.54, 1.807) is 23.0 Å². The summed E-state index contributed by atoms with van der Waals surface area (Å²) >= 11 is 0. The van der Waals surface area contributed by atoms with Gasteiger partial charge in [0, 0.05) is 6.54 Å². The van der Waals surface area contributed by atoms with Gasteiger partial charge < -0.3 is 9.88 Å². The molecule has 1 aliphatic heterocycles. The molecule has 1 saturated heterocycles. The number of hydrogen-bond acceptors (Lipinski definition) is 6. The number of aromatic amines is 1. The minimum absolute atomic E-state index is 0.0239. The number of halogens is 1. The summed E-state index contributed by atoms with van der Waals surface area (Å²) in [5.41, 5.74) is 2.50. The smallest absolute Gasteiger partial charge is 0.264 e. The molecule has 1 N–H and O–H groups in total. The molecule has 2 fully saturated rings. The summed E-state index contributed by atoms with van der Waals surface area (Å²) in [4.78, 5) is 37.2. The number of H-pyrrole nitrogens is 1. The molecular formula is C26H22FN7O. The first-order valence-electron chi connectivity index (χ1n) is 11.8. The average Bonchev–Trinajstić information content (AvgIpc) is 3.27. The fourth-order valence-electron chi connectivity index (χ4n) is 5.43. The molecule has 1 spiro atoms. The van der Waals surface area contributed by atoms with E-state index in [1.807, 2.05) is 30.3 Å². The highest BCUT2D eigenvalue weighted by Crippen LogP contribution is 2.59. The topological polar surface area (TPSA) is 92.6 Å². The van der Waals surface area contributed by atoms with Gasteiger partial charge in [-0.15, -0.1) is 0 Å². The number of nitrogens with one attached hydrogen (secondary N) is 1. The Labute approximate surface area is 199 Å². The van der Waals surface area contributed by atoms with Crippen LogP contribution in [-0.2, 0) is 6.54 Å². The van der Waals surface area contributed by atoms with Gasteiger partial charge in [0.05, 0.1) is 24.4 Å². The molecule has 0 amide bonds. The van der Waals surface area contributed by atoms with Crippen LogP contribution in [0.4, 0.5) is 10.2 Å². The quantitative estimate of drug-likeness (QED) is 0.430. The van der Waals surface area contributed by atoms with Gasteiger partial charge in [0.15, 0.2) is 11.5 Å². The van der Waals surface area contributed by atoms with Crippen LogP contribution in [0.15, 0.2) is 66.0 Å². The normalized spacial score (nSPS) is 18.7. The van der Waals surface area contributed by atoms with Crippen LogP contribution >= 0.6 is 0 Å². The van der Waals surface area contributed by atoms with Crippen LogP contribution in [0.5, 0.6) is 0 Å². The van der Waals surface area contributed by atoms with Crippen molar-refractivity contribution in [2.24, 2.45) is 5.41 Å². The molecule has 5 aromatic rings. The Morgan fingerprint density at radius 2 is 1.91 bits per heavy atom. The molecule has 0 unspecified atom stereocenters. The fourth-order valence-corrected chi connectivity index (χ4v) is 5.43. The van der Waals surface area contributed by atoms with Crippen LogP contribution in [-0.4, -0.2) is 36.0 Å². The predicted octanol–water partition coefficient (Wildman–Crippen LogP) is 3.98. The van der Waals surface area contributed by atoms with Gasteiger partial charge in [0.1, 0.15) is 28.9 Å². The highest BCUT2D eigenvalue weighted by molar-refractivity contribution is 5.83. The van der Waals surface area contributed by atoms with Crippen molar-refractivity contribution >= 4 is 27.9 Å². The van der Waals surface area contributed by atoms with Gasteiger partial charge in [-0.3, -0.25) is 9.36 Å². The van der Waals surface area contributed by atoms with Crippen molar-refractivity contribution in [1.82, 2.24) is 29.5 Å². The van der Waals surface area contributed by atoms with Crippen LogP contribution in [0.1, 0.15) is 36.7 Å². The highest BCUT2D eigenvalue weighted by atomic mass is 19.1. The number of rotatable bonds is 4. The molecule has 35 heavy (non-hydrogen) atoms. The molecule has 174 valence electrons. The molecule has 0 bridgehead atoms. The Bertz CT molecular complexity index is 1640. The molecule has 7 rings (SSSR count). The first kappa shape index (κ1) is 20.3. The summed E-state index contributed by atoms with van der Waals surface area (Å²) in [6.07, 6.45) is 6.25. The van der Waals surface area contributed by atoms with Crippen molar-refractivity contribution in [3.05, 3.63) is 88.7 Å². The predicted molar refractivity (Wildman–Crippen MR) is 130 cm³/mol. The van der Waals surface area contributed by atoms with Crippen molar-refractivity contribution in [2.75, 3.05) is 11.4 Å². The summed E-state index contributed by atoms with van der Waals surface area (Å²) in [7, 11) is 0. The number of nitrogens with zero attached hydrogens (tertiary/aromatic N) is 6. The van der Waals surface area contributed by atoms with Crippen LogP contribution in [0.2, 0.25) is 0 Å². The summed E-state index contributed by atoms with van der Waals surface area (Å²) in [5.74, 6) is 0.832. The number of fused-ring (bicyclic) bond motifs is 2. The third kappa shape index (κ3) is 3.22. The lowest BCUT2D eigenvalue weighted by molar-refractivity contribution is 0.521. The first-order chi connectivity index (χ1) is 17.1. The van der Waals surface area contributed by atoms with Crippen molar-refractivity contribution in [3.8, 4) is 0 Å². The zero-order chi connectivity index (χ0) is 23.6. The van der Waals surface area contributed by atoms with E-state index in [9.17, 15) is 9.18 Å². The van der Waals surface area contributed by atoms with Gasteiger partial charge in [-0.25, -0.2) is 24.3 Å². The third-order valence-corrected chi connectivity index (χ3v) is 7.38. The number of anilines is 1. The highest BCUT2D eigenvalue weighted by Gasteiger charge is 2.54. The van der Waals surface area contributed by atoms with Crippen LogP contribution in [0.25, 0.3) is 22.1 Å². The van der Waals surface area contributed by atoms with Crippen LogP contribution < -0.4 is 10.5 Å². The van der Waals surface area contributed by atoms with E-state index in [1.165, 1.54) is 12.4 Å². The van der Waals surface area contributed by atoms with Crippen molar-refractivity contribution < 1.29 is 4.39 Å². The van der Waals surface area contributed by atoms with Gasteiger partial charge in [0.2, 0.25) is 0 Å². The fraction of sp³-hybridized carbons (Fsp3) is 0.269. The molecule has 9 heteroatoms. The summed E-state index contributed by atoms with van der Waals surface area (Å²) in [5, 5.41) is 0.0239. The van der Waals surface area contributed by atoms with Crippen molar-refractivity contribution in [2.45, 2.75) is 31.8 Å². The standard InChI is InChI=1S/C26H22FN7O/c27-17-7-4-8-18-20(17)25(35)33(12-16-5-2-1-3-6-16)23(32-18)19-11-26(9-10-26)13-34(19)24-21-22(29-14-28-21)30-15-31-24/h1-8,14-15,19H,9-13H2,(H,28,29,30,31)/t19-/m0/s1. The molecule has 2 aromatic carbocycles. The van der Waals surface area contributed by atoms with E-state index in [4.69, 9.17) is 4.98 Å². The summed E-state index contributed by atoms with van der Waals surface area (Å²) in [6.45, 7) is 1.12. The summed E-state index contributed by atoms with van der Waals surface area (Å²) in [6, 6.07) is 14.2. The maximum atomic E-state index is 14.8. The number of imidazole rings is 1. The van der Waals surface area contributed by atoms with E-state index < -0.39 is 5.82 Å². The van der Waals surface area contributed by atoms with Gasteiger partial charge >= 0.3 is 0 Å². The molecule has 1 aliphatic carbocycles. The minimum Gasteiger partial charge on any atom is -0.344 e. The molecule has 3 aromatic heterocycles. The van der Waals surface area contributed by atoms with Crippen molar-refractivity contribution in [3.63, 3.8) is 0 Å². The number of aromatic nitrogens is 6. The minimum atomic E-state index is -0.551. The number of hydrogen-bond donors (Lipinski definition) is 1. The van der Waals surface area contributed by atoms with Gasteiger partial charge in [-0.2, -0.15) is 0 Å².